The van der Waals surface area contributed by atoms with Gasteiger partial charge in [0.25, 0.3) is 0 Å². The molecule has 1 aromatic carbocycles. The molecule has 2 rings (SSSR count). The van der Waals surface area contributed by atoms with E-state index in [0.29, 0.717) is 5.75 Å². The van der Waals surface area contributed by atoms with Crippen molar-refractivity contribution in [2.24, 2.45) is 0 Å². The molecule has 6 nitrogen and oxygen atoms in total. The minimum atomic E-state index is -0.492. The van der Waals surface area contributed by atoms with Gasteiger partial charge in [-0.1, -0.05) is 0 Å². The molecule has 7 heteroatoms. The van der Waals surface area contributed by atoms with E-state index in [0.717, 1.165) is 0 Å². The van der Waals surface area contributed by atoms with Gasteiger partial charge in [-0.15, -0.1) is 0 Å². The fourth-order valence-corrected chi connectivity index (χ4v) is 1.76. The summed E-state index contributed by atoms with van der Waals surface area (Å²) in [6, 6.07) is 5.42. The molecule has 0 saturated carbocycles. The molecule has 1 saturated heterocycles. The first-order valence-corrected chi connectivity index (χ1v) is 6.03. The second-order valence-corrected chi connectivity index (χ2v) is 4.27. The highest BCUT2D eigenvalue weighted by Crippen LogP contribution is 2.11. The summed E-state index contributed by atoms with van der Waals surface area (Å²) in [5.41, 5.74) is 0. The number of ether oxygens (including phenoxy) is 1. The predicted octanol–water partition coefficient (Wildman–Crippen LogP) is 0.0796. The third-order valence-corrected chi connectivity index (χ3v) is 2.70. The van der Waals surface area contributed by atoms with Gasteiger partial charge >= 0.3 is 0 Å². The fourth-order valence-electron chi connectivity index (χ4n) is 1.76. The van der Waals surface area contributed by atoms with Crippen molar-refractivity contribution in [3.63, 3.8) is 0 Å². The molecule has 1 N–H and O–H groups in total. The van der Waals surface area contributed by atoms with Gasteiger partial charge in [-0.2, -0.15) is 0 Å². The number of halogens is 1. The topological polar surface area (TPSA) is 75.7 Å². The van der Waals surface area contributed by atoms with Gasteiger partial charge in [-0.3, -0.25) is 19.7 Å². The van der Waals surface area contributed by atoms with Gasteiger partial charge in [0.1, 0.15) is 24.7 Å². The first-order chi connectivity index (χ1) is 9.54. The molecule has 0 spiro atoms. The molecule has 0 atom stereocenters. The number of piperazine rings is 1. The Kier molecular flexibility index (Phi) is 4.29. The molecule has 1 aromatic rings. The van der Waals surface area contributed by atoms with E-state index < -0.39 is 11.8 Å². The molecule has 1 aliphatic rings. The first-order valence-electron chi connectivity index (χ1n) is 6.03. The molecule has 1 heterocycles. The van der Waals surface area contributed by atoms with Crippen LogP contribution in [0.15, 0.2) is 24.3 Å². The number of nitrogens with zero attached hydrogens (tertiary/aromatic N) is 1. The van der Waals surface area contributed by atoms with Crippen molar-refractivity contribution >= 4 is 17.7 Å². The van der Waals surface area contributed by atoms with E-state index in [1.165, 1.54) is 29.2 Å². The lowest BCUT2D eigenvalue weighted by atomic mass is 10.3. The number of hydrogen-bond donors (Lipinski definition) is 1. The van der Waals surface area contributed by atoms with Gasteiger partial charge in [-0.25, -0.2) is 4.39 Å². The van der Waals surface area contributed by atoms with Crippen LogP contribution in [-0.4, -0.2) is 42.3 Å². The van der Waals surface area contributed by atoms with Gasteiger partial charge in [0.05, 0.1) is 13.0 Å². The average Bonchev–Trinajstić information content (AvgIpc) is 2.40. The van der Waals surface area contributed by atoms with Crippen LogP contribution in [0.4, 0.5) is 4.39 Å². The molecule has 1 aliphatic heterocycles. The second-order valence-electron chi connectivity index (χ2n) is 4.27. The molecule has 0 unspecified atom stereocenters. The monoisotopic (exact) mass is 280 g/mol. The third kappa shape index (κ3) is 3.78. The van der Waals surface area contributed by atoms with Crippen molar-refractivity contribution in [1.82, 2.24) is 10.2 Å². The number of imide groups is 1. The summed E-state index contributed by atoms with van der Waals surface area (Å²) < 4.78 is 17.9. The molecule has 0 aliphatic carbocycles. The number of benzene rings is 1. The lowest BCUT2D eigenvalue weighted by molar-refractivity contribution is -0.145. The molecular weight excluding hydrogens is 267 g/mol. The highest BCUT2D eigenvalue weighted by molar-refractivity contribution is 6.02. The van der Waals surface area contributed by atoms with E-state index in [-0.39, 0.29) is 37.8 Å². The van der Waals surface area contributed by atoms with E-state index in [4.69, 9.17) is 4.74 Å². The quantitative estimate of drug-likeness (QED) is 0.792. The maximum absolute atomic E-state index is 12.7. The van der Waals surface area contributed by atoms with Gasteiger partial charge in [0, 0.05) is 0 Å². The van der Waals surface area contributed by atoms with Gasteiger partial charge in [-0.05, 0) is 24.3 Å². The normalized spacial score (nSPS) is 14.9. The van der Waals surface area contributed by atoms with Crippen LogP contribution in [0, 0.1) is 5.82 Å². The Morgan fingerprint density at radius 3 is 2.40 bits per heavy atom. The van der Waals surface area contributed by atoms with Crippen LogP contribution in [0.2, 0.25) is 0 Å². The summed E-state index contributed by atoms with van der Waals surface area (Å²) >= 11 is 0. The van der Waals surface area contributed by atoms with Crippen molar-refractivity contribution in [3.05, 3.63) is 30.1 Å². The lowest BCUT2D eigenvalue weighted by Gasteiger charge is -2.25. The molecule has 3 amide bonds. The summed E-state index contributed by atoms with van der Waals surface area (Å²) in [6.45, 7) is -0.154. The second kappa shape index (κ2) is 6.14. The average molecular weight is 280 g/mol. The van der Waals surface area contributed by atoms with Crippen molar-refractivity contribution < 1.29 is 23.5 Å². The largest absolute Gasteiger partial charge is 0.493 e. The van der Waals surface area contributed by atoms with Crippen LogP contribution >= 0.6 is 0 Å². The maximum Gasteiger partial charge on any atom is 0.246 e. The molecular formula is C13H13FN2O4. The van der Waals surface area contributed by atoms with E-state index in [1.54, 1.807) is 0 Å². The van der Waals surface area contributed by atoms with Crippen molar-refractivity contribution in [1.29, 1.82) is 0 Å². The zero-order valence-corrected chi connectivity index (χ0v) is 10.6. The van der Waals surface area contributed by atoms with Crippen LogP contribution in [0.5, 0.6) is 5.75 Å². The Morgan fingerprint density at radius 1 is 1.20 bits per heavy atom. The van der Waals surface area contributed by atoms with Gasteiger partial charge < -0.3 is 9.64 Å². The van der Waals surface area contributed by atoms with Crippen LogP contribution in [0.25, 0.3) is 0 Å². The van der Waals surface area contributed by atoms with E-state index in [2.05, 4.69) is 5.32 Å². The summed E-state index contributed by atoms with van der Waals surface area (Å²) in [5.74, 6) is -1.24. The van der Waals surface area contributed by atoms with Crippen LogP contribution in [0.3, 0.4) is 0 Å². The van der Waals surface area contributed by atoms with Crippen LogP contribution in [-0.2, 0) is 14.4 Å². The summed E-state index contributed by atoms with van der Waals surface area (Å²) in [5, 5.41) is 2.11. The Bertz CT molecular complexity index is 514. The molecule has 0 aromatic heterocycles. The van der Waals surface area contributed by atoms with Crippen molar-refractivity contribution in [3.8, 4) is 5.75 Å². The number of rotatable bonds is 4. The summed E-state index contributed by atoms with van der Waals surface area (Å²) in [6.07, 6.45) is 0.0396. The Hall–Kier alpha value is -2.44. The molecule has 0 radical (unpaired) electrons. The summed E-state index contributed by atoms with van der Waals surface area (Å²) in [7, 11) is 0. The predicted molar refractivity (Wildman–Crippen MR) is 66.2 cm³/mol. The van der Waals surface area contributed by atoms with E-state index in [1.807, 2.05) is 0 Å². The molecule has 20 heavy (non-hydrogen) atoms. The van der Waals surface area contributed by atoms with Crippen LogP contribution in [0.1, 0.15) is 6.42 Å². The minimum Gasteiger partial charge on any atom is -0.493 e. The first kappa shape index (κ1) is 14.0. The number of nitrogens with one attached hydrogen (secondary N) is 1. The van der Waals surface area contributed by atoms with Crippen molar-refractivity contribution in [2.45, 2.75) is 6.42 Å². The molecule has 106 valence electrons. The smallest absolute Gasteiger partial charge is 0.246 e. The Labute approximate surface area is 114 Å². The number of carbonyl (C=O) groups excluding carboxylic acids is 3. The molecule has 1 fully saturated rings. The van der Waals surface area contributed by atoms with Gasteiger partial charge in [0.15, 0.2) is 0 Å². The van der Waals surface area contributed by atoms with E-state index in [9.17, 15) is 18.8 Å². The van der Waals surface area contributed by atoms with Crippen molar-refractivity contribution in [2.75, 3.05) is 19.7 Å². The Morgan fingerprint density at radius 2 is 1.80 bits per heavy atom. The fraction of sp³-hybridized carbons (Fsp3) is 0.308. The number of hydrogen-bond acceptors (Lipinski definition) is 4. The summed E-state index contributed by atoms with van der Waals surface area (Å²) in [4.78, 5) is 35.2. The standard InChI is InChI=1S/C13H13FN2O4/c14-9-1-3-10(4-2-9)20-6-5-13(19)16-7-11(17)15-12(18)8-16/h1-4H,5-8H2,(H,15,17,18). The third-order valence-electron chi connectivity index (χ3n) is 2.70. The highest BCUT2D eigenvalue weighted by atomic mass is 19.1. The van der Waals surface area contributed by atoms with E-state index >= 15 is 0 Å². The number of amides is 3. The number of carbonyl (C=O) groups is 3. The van der Waals surface area contributed by atoms with Gasteiger partial charge in [0.2, 0.25) is 17.7 Å². The maximum atomic E-state index is 12.7. The Balaban J connectivity index is 1.78. The lowest BCUT2D eigenvalue weighted by Crippen LogP contribution is -2.53. The SMILES string of the molecule is O=C1CN(C(=O)CCOc2ccc(F)cc2)CC(=O)N1. The minimum absolute atomic E-state index is 0.0396. The highest BCUT2D eigenvalue weighted by Gasteiger charge is 2.25. The zero-order valence-electron chi connectivity index (χ0n) is 10.6. The molecule has 0 bridgehead atoms. The van der Waals surface area contributed by atoms with Crippen LogP contribution < -0.4 is 10.1 Å². The zero-order chi connectivity index (χ0) is 14.5.